The lowest BCUT2D eigenvalue weighted by Crippen LogP contribution is -2.32. The molecule has 0 atom stereocenters. The van der Waals surface area contributed by atoms with E-state index in [0.29, 0.717) is 12.1 Å². The Morgan fingerprint density at radius 1 is 1.08 bits per heavy atom. The van der Waals surface area contributed by atoms with Crippen molar-refractivity contribution < 1.29 is 36.7 Å². The van der Waals surface area contributed by atoms with E-state index in [0.717, 1.165) is 24.1 Å². The first kappa shape index (κ1) is 27.9. The number of rotatable bonds is 7. The number of amides is 2. The van der Waals surface area contributed by atoms with Crippen molar-refractivity contribution >= 4 is 52.4 Å². The maximum absolute atomic E-state index is 14.7. The number of ether oxygens (including phenoxy) is 1. The molecule has 7 nitrogen and oxygen atoms in total. The van der Waals surface area contributed by atoms with Crippen molar-refractivity contribution in [3.8, 4) is 0 Å². The van der Waals surface area contributed by atoms with Gasteiger partial charge in [0.2, 0.25) is 5.91 Å². The molecule has 0 spiro atoms. The van der Waals surface area contributed by atoms with Crippen LogP contribution in [0.25, 0.3) is 0 Å². The largest absolute Gasteiger partial charge is 0.465 e. The number of benzene rings is 2. The van der Waals surface area contributed by atoms with E-state index in [9.17, 15) is 31.9 Å². The van der Waals surface area contributed by atoms with Crippen molar-refractivity contribution in [3.05, 3.63) is 88.0 Å². The molecule has 0 fully saturated rings. The molecule has 2 amide bonds. The van der Waals surface area contributed by atoms with Crippen LogP contribution in [0.5, 0.6) is 0 Å². The number of carbonyl (C=O) groups excluding carboxylic acids is 3. The fraction of sp³-hybridized carbons (Fsp3) is 0.167. The predicted octanol–water partition coefficient (Wildman–Crippen LogP) is 5.70. The normalized spacial score (nSPS) is 11.1. The molecule has 0 aliphatic rings. The fourth-order valence-corrected chi connectivity index (χ4v) is 3.53. The van der Waals surface area contributed by atoms with Crippen LogP contribution in [0.3, 0.4) is 0 Å². The molecular formula is C24H17Cl2F4N3O4. The molecule has 3 aromatic rings. The molecule has 3 rings (SSSR count). The van der Waals surface area contributed by atoms with E-state index in [1.807, 2.05) is 0 Å². The smallest absolute Gasteiger partial charge is 0.416 e. The minimum Gasteiger partial charge on any atom is -0.465 e. The van der Waals surface area contributed by atoms with Crippen LogP contribution >= 0.6 is 23.2 Å². The molecule has 0 saturated carbocycles. The molecule has 13 heteroatoms. The summed E-state index contributed by atoms with van der Waals surface area (Å²) in [6, 6.07) is 8.40. The van der Waals surface area contributed by atoms with Crippen LogP contribution in [0.2, 0.25) is 5.15 Å². The summed E-state index contributed by atoms with van der Waals surface area (Å²) in [7, 11) is 1.11. The van der Waals surface area contributed by atoms with Crippen LogP contribution in [0.15, 0.2) is 54.7 Å². The second-order valence-corrected chi connectivity index (χ2v) is 8.10. The second kappa shape index (κ2) is 11.6. The SMILES string of the molecule is COC(=O)c1ccc(CN(C(=O)CCl)c2cc(C(=O)Nc3cccnc3Cl)cc(C(F)(F)F)c2)c(F)c1. The Balaban J connectivity index is 2.05. The second-order valence-electron chi connectivity index (χ2n) is 7.47. The van der Waals surface area contributed by atoms with Gasteiger partial charge in [-0.3, -0.25) is 9.59 Å². The summed E-state index contributed by atoms with van der Waals surface area (Å²) in [4.78, 5) is 41.6. The van der Waals surface area contributed by atoms with Crippen LogP contribution in [-0.2, 0) is 22.3 Å². The highest BCUT2D eigenvalue weighted by atomic mass is 35.5. The van der Waals surface area contributed by atoms with E-state index in [4.69, 9.17) is 23.2 Å². The Hall–Kier alpha value is -3.70. The zero-order chi connectivity index (χ0) is 27.3. The summed E-state index contributed by atoms with van der Waals surface area (Å²) < 4.78 is 60.3. The molecule has 37 heavy (non-hydrogen) atoms. The van der Waals surface area contributed by atoms with Crippen LogP contribution in [0.1, 0.15) is 31.8 Å². The minimum atomic E-state index is -4.89. The van der Waals surface area contributed by atoms with Crippen LogP contribution < -0.4 is 10.2 Å². The van der Waals surface area contributed by atoms with Gasteiger partial charge in [-0.25, -0.2) is 14.2 Å². The van der Waals surface area contributed by atoms with E-state index in [1.54, 1.807) is 0 Å². The molecular weight excluding hydrogens is 541 g/mol. The number of hydrogen-bond acceptors (Lipinski definition) is 5. The van der Waals surface area contributed by atoms with E-state index in [1.165, 1.54) is 30.5 Å². The maximum Gasteiger partial charge on any atom is 0.416 e. The molecule has 0 aliphatic carbocycles. The highest BCUT2D eigenvalue weighted by Gasteiger charge is 2.33. The van der Waals surface area contributed by atoms with E-state index in [2.05, 4.69) is 15.0 Å². The first-order valence-electron chi connectivity index (χ1n) is 10.3. The van der Waals surface area contributed by atoms with Gasteiger partial charge in [-0.15, -0.1) is 11.6 Å². The van der Waals surface area contributed by atoms with Gasteiger partial charge in [0.1, 0.15) is 11.7 Å². The maximum atomic E-state index is 14.7. The number of halogens is 6. The number of anilines is 2. The molecule has 0 bridgehead atoms. The number of hydrogen-bond donors (Lipinski definition) is 1. The summed E-state index contributed by atoms with van der Waals surface area (Å²) in [5.41, 5.74) is -2.24. The molecule has 1 heterocycles. The van der Waals surface area contributed by atoms with Gasteiger partial charge in [-0.2, -0.15) is 13.2 Å². The average molecular weight is 558 g/mol. The minimum absolute atomic E-state index is 0.0505. The first-order valence-corrected chi connectivity index (χ1v) is 11.2. The topological polar surface area (TPSA) is 88.6 Å². The first-order chi connectivity index (χ1) is 17.4. The van der Waals surface area contributed by atoms with Crippen molar-refractivity contribution in [1.82, 2.24) is 4.98 Å². The van der Waals surface area contributed by atoms with Crippen LogP contribution in [-0.4, -0.2) is 35.8 Å². The third-order valence-corrected chi connectivity index (χ3v) is 5.57. The van der Waals surface area contributed by atoms with Gasteiger partial charge in [0.05, 0.1) is 30.5 Å². The lowest BCUT2D eigenvalue weighted by atomic mass is 10.1. The van der Waals surface area contributed by atoms with Crippen LogP contribution in [0.4, 0.5) is 28.9 Å². The molecule has 0 aliphatic heterocycles. The van der Waals surface area contributed by atoms with E-state index in [-0.39, 0.29) is 27.7 Å². The van der Waals surface area contributed by atoms with Crippen LogP contribution in [0, 0.1) is 5.82 Å². The van der Waals surface area contributed by atoms with Crippen molar-refractivity contribution in [3.63, 3.8) is 0 Å². The lowest BCUT2D eigenvalue weighted by Gasteiger charge is -2.24. The summed E-state index contributed by atoms with van der Waals surface area (Å²) in [6.07, 6.45) is -3.53. The Morgan fingerprint density at radius 2 is 1.81 bits per heavy atom. The van der Waals surface area contributed by atoms with Gasteiger partial charge in [0.25, 0.3) is 5.91 Å². The zero-order valence-corrected chi connectivity index (χ0v) is 20.4. The van der Waals surface area contributed by atoms with Gasteiger partial charge >= 0.3 is 12.1 Å². The fourth-order valence-electron chi connectivity index (χ4n) is 3.22. The number of alkyl halides is 4. The number of pyridine rings is 1. The highest BCUT2D eigenvalue weighted by molar-refractivity contribution is 6.32. The Kier molecular flexibility index (Phi) is 8.72. The summed E-state index contributed by atoms with van der Waals surface area (Å²) >= 11 is 11.6. The number of methoxy groups -OCH3 is 1. The molecule has 0 unspecified atom stereocenters. The standard InChI is InChI=1S/C24H17Cl2F4N3O4/c1-37-23(36)13-4-5-14(18(27)9-13)12-33(20(34)11-25)17-8-15(7-16(10-17)24(28,29)30)22(35)32-19-3-2-6-31-21(19)26/h2-10H,11-12H2,1H3,(H,32,35). The van der Waals surface area contributed by atoms with Crippen molar-refractivity contribution in [2.24, 2.45) is 0 Å². The number of aromatic nitrogens is 1. The third kappa shape index (κ3) is 6.75. The van der Waals surface area contributed by atoms with Gasteiger partial charge in [-0.05, 0) is 42.5 Å². The number of esters is 1. The van der Waals surface area contributed by atoms with Crippen molar-refractivity contribution in [1.29, 1.82) is 0 Å². The van der Waals surface area contributed by atoms with Crippen molar-refractivity contribution in [2.75, 3.05) is 23.2 Å². The Labute approximate surface area is 217 Å². The molecule has 1 aromatic heterocycles. The lowest BCUT2D eigenvalue weighted by molar-refractivity contribution is -0.137. The predicted molar refractivity (Wildman–Crippen MR) is 128 cm³/mol. The van der Waals surface area contributed by atoms with E-state index >= 15 is 0 Å². The molecule has 194 valence electrons. The molecule has 0 saturated heterocycles. The quantitative estimate of drug-likeness (QED) is 0.174. The zero-order valence-electron chi connectivity index (χ0n) is 18.9. The third-order valence-electron chi connectivity index (χ3n) is 5.04. The molecule has 0 radical (unpaired) electrons. The highest BCUT2D eigenvalue weighted by Crippen LogP contribution is 2.34. The number of nitrogens with one attached hydrogen (secondary N) is 1. The number of carbonyl (C=O) groups is 3. The van der Waals surface area contributed by atoms with Crippen molar-refractivity contribution in [2.45, 2.75) is 12.7 Å². The number of nitrogens with zero attached hydrogens (tertiary/aromatic N) is 2. The van der Waals surface area contributed by atoms with Gasteiger partial charge in [0.15, 0.2) is 5.15 Å². The Bertz CT molecular complexity index is 1350. The van der Waals surface area contributed by atoms with Gasteiger partial charge in [-0.1, -0.05) is 17.7 Å². The van der Waals surface area contributed by atoms with Gasteiger partial charge < -0.3 is 15.0 Å². The van der Waals surface area contributed by atoms with E-state index < -0.39 is 53.3 Å². The molecule has 1 N–H and O–H groups in total. The summed E-state index contributed by atoms with van der Waals surface area (Å²) in [6.45, 7) is -0.546. The van der Waals surface area contributed by atoms with Gasteiger partial charge in [0, 0.05) is 23.0 Å². The average Bonchev–Trinajstić information content (AvgIpc) is 2.87. The summed E-state index contributed by atoms with van der Waals surface area (Å²) in [5, 5.41) is 2.27. The summed E-state index contributed by atoms with van der Waals surface area (Å²) in [5.74, 6) is -4.19. The monoisotopic (exact) mass is 557 g/mol. The molecule has 2 aromatic carbocycles. The Morgan fingerprint density at radius 3 is 2.41 bits per heavy atom.